The molecule has 1 amide bonds. The van der Waals surface area contributed by atoms with Gasteiger partial charge < -0.3 is 4.90 Å². The summed E-state index contributed by atoms with van der Waals surface area (Å²) >= 11 is 0. The number of aromatic nitrogens is 2. The molecule has 0 saturated carbocycles. The largest absolute Gasteiger partial charge is 0.336 e. The van der Waals surface area contributed by atoms with Gasteiger partial charge in [-0.1, -0.05) is 12.1 Å². The van der Waals surface area contributed by atoms with Crippen LogP contribution in [-0.4, -0.2) is 32.7 Å². The Kier molecular flexibility index (Phi) is 4.97. The van der Waals surface area contributed by atoms with Gasteiger partial charge in [-0.25, -0.2) is 9.07 Å². The van der Waals surface area contributed by atoms with E-state index in [1.54, 1.807) is 18.2 Å². The van der Waals surface area contributed by atoms with Crippen molar-refractivity contribution in [1.29, 1.82) is 0 Å². The summed E-state index contributed by atoms with van der Waals surface area (Å²) in [5.41, 5.74) is 0.277. The van der Waals surface area contributed by atoms with Gasteiger partial charge in [0.05, 0.1) is 5.69 Å². The first-order valence-corrected chi connectivity index (χ1v) is 8.61. The Morgan fingerprint density at radius 2 is 1.84 bits per heavy atom. The predicted octanol–water partition coefficient (Wildman–Crippen LogP) is 2.84. The molecule has 25 heavy (non-hydrogen) atoms. The second-order valence-corrected chi connectivity index (χ2v) is 6.62. The number of amides is 1. The lowest BCUT2D eigenvalue weighted by Gasteiger charge is -2.39. The molecule has 0 radical (unpaired) electrons. The SMILES string of the molecule is C[C@H]1CCC[C@H](C)N1C(=O)Cn1nc(-c2ccccc2F)ccc1=O. The number of rotatable bonds is 3. The van der Waals surface area contributed by atoms with Crippen molar-refractivity contribution in [1.82, 2.24) is 14.7 Å². The van der Waals surface area contributed by atoms with Gasteiger partial charge in [-0.2, -0.15) is 5.10 Å². The number of benzene rings is 1. The molecule has 2 heterocycles. The van der Waals surface area contributed by atoms with E-state index in [-0.39, 0.29) is 30.1 Å². The molecule has 1 saturated heterocycles. The van der Waals surface area contributed by atoms with Crippen molar-refractivity contribution in [2.24, 2.45) is 0 Å². The lowest BCUT2D eigenvalue weighted by molar-refractivity contribution is -0.138. The average molecular weight is 343 g/mol. The van der Waals surface area contributed by atoms with E-state index in [0.717, 1.165) is 23.9 Å². The summed E-state index contributed by atoms with van der Waals surface area (Å²) in [6.45, 7) is 3.93. The van der Waals surface area contributed by atoms with Gasteiger partial charge in [-0.15, -0.1) is 0 Å². The number of halogens is 1. The van der Waals surface area contributed by atoms with Crippen molar-refractivity contribution >= 4 is 5.91 Å². The average Bonchev–Trinajstić information content (AvgIpc) is 2.57. The van der Waals surface area contributed by atoms with Crippen LogP contribution in [-0.2, 0) is 11.3 Å². The molecule has 0 N–H and O–H groups in total. The lowest BCUT2D eigenvalue weighted by atomic mass is 9.97. The van der Waals surface area contributed by atoms with E-state index >= 15 is 0 Å². The van der Waals surface area contributed by atoms with Crippen molar-refractivity contribution in [3.05, 3.63) is 52.6 Å². The highest BCUT2D eigenvalue weighted by molar-refractivity contribution is 5.76. The fourth-order valence-electron chi connectivity index (χ4n) is 3.50. The van der Waals surface area contributed by atoms with Gasteiger partial charge >= 0.3 is 0 Å². The van der Waals surface area contributed by atoms with Crippen LogP contribution in [0.5, 0.6) is 0 Å². The van der Waals surface area contributed by atoms with Crippen LogP contribution in [0.15, 0.2) is 41.2 Å². The topological polar surface area (TPSA) is 55.2 Å². The van der Waals surface area contributed by atoms with Crippen LogP contribution in [0, 0.1) is 5.82 Å². The summed E-state index contributed by atoms with van der Waals surface area (Å²) in [5.74, 6) is -0.537. The smallest absolute Gasteiger partial charge is 0.267 e. The molecule has 0 unspecified atom stereocenters. The van der Waals surface area contributed by atoms with E-state index in [4.69, 9.17) is 0 Å². The normalized spacial score (nSPS) is 20.5. The minimum absolute atomic E-state index is 0.125. The standard InChI is InChI=1S/C19H22FN3O2/c1-13-6-5-7-14(2)23(13)19(25)12-22-18(24)11-10-17(21-22)15-8-3-4-9-16(15)20/h3-4,8-11,13-14H,5-7,12H2,1-2H3/t13-,14-/m0/s1. The van der Waals surface area contributed by atoms with Crippen LogP contribution in [0.4, 0.5) is 4.39 Å². The second-order valence-electron chi connectivity index (χ2n) is 6.62. The van der Waals surface area contributed by atoms with E-state index in [1.807, 2.05) is 18.7 Å². The molecule has 2 atom stereocenters. The molecule has 0 bridgehead atoms. The summed E-state index contributed by atoms with van der Waals surface area (Å²) in [7, 11) is 0. The number of likely N-dealkylation sites (tertiary alicyclic amines) is 1. The van der Waals surface area contributed by atoms with Gasteiger partial charge in [0.1, 0.15) is 12.4 Å². The maximum atomic E-state index is 14.0. The Bertz CT molecular complexity index is 823. The van der Waals surface area contributed by atoms with Gasteiger partial charge in [0, 0.05) is 23.7 Å². The van der Waals surface area contributed by atoms with Crippen molar-refractivity contribution in [3.63, 3.8) is 0 Å². The second kappa shape index (κ2) is 7.17. The molecule has 5 nitrogen and oxygen atoms in total. The molecule has 6 heteroatoms. The molecular formula is C19H22FN3O2. The van der Waals surface area contributed by atoms with Crippen molar-refractivity contribution < 1.29 is 9.18 Å². The lowest BCUT2D eigenvalue weighted by Crippen LogP contribution is -2.49. The quantitative estimate of drug-likeness (QED) is 0.861. The Morgan fingerprint density at radius 1 is 1.16 bits per heavy atom. The maximum Gasteiger partial charge on any atom is 0.267 e. The van der Waals surface area contributed by atoms with Gasteiger partial charge in [-0.05, 0) is 51.3 Å². The minimum Gasteiger partial charge on any atom is -0.336 e. The van der Waals surface area contributed by atoms with E-state index in [9.17, 15) is 14.0 Å². The highest BCUT2D eigenvalue weighted by atomic mass is 19.1. The van der Waals surface area contributed by atoms with Crippen LogP contribution in [0.25, 0.3) is 11.3 Å². The third kappa shape index (κ3) is 3.62. The predicted molar refractivity (Wildman–Crippen MR) is 93.5 cm³/mol. The Hall–Kier alpha value is -2.50. The summed E-state index contributed by atoms with van der Waals surface area (Å²) < 4.78 is 15.1. The highest BCUT2D eigenvalue weighted by Crippen LogP contribution is 2.23. The monoisotopic (exact) mass is 343 g/mol. The van der Waals surface area contributed by atoms with E-state index < -0.39 is 5.82 Å². The molecule has 0 aliphatic carbocycles. The summed E-state index contributed by atoms with van der Waals surface area (Å²) in [4.78, 5) is 26.7. The number of hydrogen-bond acceptors (Lipinski definition) is 3. The summed E-state index contributed by atoms with van der Waals surface area (Å²) in [6.07, 6.45) is 3.04. The van der Waals surface area contributed by atoms with Crippen LogP contribution >= 0.6 is 0 Å². The molecule has 132 valence electrons. The molecule has 1 aromatic carbocycles. The molecule has 1 aromatic heterocycles. The van der Waals surface area contributed by atoms with E-state index in [2.05, 4.69) is 5.10 Å². The van der Waals surface area contributed by atoms with E-state index in [1.165, 1.54) is 18.2 Å². The van der Waals surface area contributed by atoms with Gasteiger partial charge in [0.2, 0.25) is 5.91 Å². The van der Waals surface area contributed by atoms with Crippen LogP contribution < -0.4 is 5.56 Å². The first kappa shape index (κ1) is 17.3. The minimum atomic E-state index is -0.412. The first-order chi connectivity index (χ1) is 12.0. The zero-order chi connectivity index (χ0) is 18.0. The van der Waals surface area contributed by atoms with Crippen LogP contribution in [0.1, 0.15) is 33.1 Å². The van der Waals surface area contributed by atoms with Crippen molar-refractivity contribution in [3.8, 4) is 11.3 Å². The van der Waals surface area contributed by atoms with Gasteiger partial charge in [0.15, 0.2) is 0 Å². The first-order valence-electron chi connectivity index (χ1n) is 8.61. The van der Waals surface area contributed by atoms with Crippen LogP contribution in [0.2, 0.25) is 0 Å². The fourth-order valence-corrected chi connectivity index (χ4v) is 3.50. The molecule has 1 aliphatic heterocycles. The van der Waals surface area contributed by atoms with Crippen LogP contribution in [0.3, 0.4) is 0 Å². The molecule has 1 fully saturated rings. The summed E-state index contributed by atoms with van der Waals surface area (Å²) in [5, 5.41) is 4.20. The van der Waals surface area contributed by atoms with Gasteiger partial charge in [-0.3, -0.25) is 9.59 Å². The third-order valence-electron chi connectivity index (χ3n) is 4.78. The van der Waals surface area contributed by atoms with Crippen molar-refractivity contribution in [2.75, 3.05) is 0 Å². The molecular weight excluding hydrogens is 321 g/mol. The van der Waals surface area contributed by atoms with Gasteiger partial charge in [0.25, 0.3) is 5.56 Å². The third-order valence-corrected chi connectivity index (χ3v) is 4.78. The Morgan fingerprint density at radius 3 is 2.52 bits per heavy atom. The molecule has 3 rings (SSSR count). The number of nitrogens with zero attached hydrogens (tertiary/aromatic N) is 3. The molecule has 0 spiro atoms. The Balaban J connectivity index is 1.88. The maximum absolute atomic E-state index is 14.0. The fraction of sp³-hybridized carbons (Fsp3) is 0.421. The molecule has 2 aromatic rings. The van der Waals surface area contributed by atoms with E-state index in [0.29, 0.717) is 11.3 Å². The number of carbonyl (C=O) groups excluding carboxylic acids is 1. The zero-order valence-electron chi connectivity index (χ0n) is 14.5. The Labute approximate surface area is 146 Å². The summed E-state index contributed by atoms with van der Waals surface area (Å²) in [6, 6.07) is 9.36. The highest BCUT2D eigenvalue weighted by Gasteiger charge is 2.29. The zero-order valence-corrected chi connectivity index (χ0v) is 14.5. The number of carbonyl (C=O) groups is 1. The molecule has 1 aliphatic rings. The number of piperidine rings is 1. The number of hydrogen-bond donors (Lipinski definition) is 0. The van der Waals surface area contributed by atoms with Crippen molar-refractivity contribution in [2.45, 2.75) is 51.7 Å².